The number of hydrogen-bond donors (Lipinski definition) is 0. The molecule has 0 aliphatic rings. The van der Waals surface area contributed by atoms with Crippen molar-refractivity contribution in [2.24, 2.45) is 0 Å². The highest BCUT2D eigenvalue weighted by atomic mass is 32.1. The number of allylic oxidation sites excluding steroid dienone is 1. The lowest BCUT2D eigenvalue weighted by Gasteiger charge is -1.80. The smallest absolute Gasteiger partial charge is 0.123 e. The predicted octanol–water partition coefficient (Wildman–Crippen LogP) is 2.90. The monoisotopic (exact) mass is 203 g/mol. The van der Waals surface area contributed by atoms with E-state index in [0.717, 1.165) is 16.8 Å². The van der Waals surface area contributed by atoms with Crippen molar-refractivity contribution in [3.05, 3.63) is 35.3 Å². The number of carbonyl (C=O) groups is 1. The lowest BCUT2D eigenvalue weighted by atomic mass is 10.3. The molecule has 0 fully saturated rings. The Morgan fingerprint density at radius 2 is 2.21 bits per heavy atom. The maximum Gasteiger partial charge on any atom is 0.123 e. The fourth-order valence-corrected chi connectivity index (χ4v) is 2.08. The van der Waals surface area contributed by atoms with E-state index in [1.165, 1.54) is 4.70 Å². The molecule has 0 N–H and O–H groups in total. The van der Waals surface area contributed by atoms with E-state index >= 15 is 0 Å². The second-order valence-corrected chi connectivity index (χ2v) is 3.89. The van der Waals surface area contributed by atoms with Crippen LogP contribution in [0.3, 0.4) is 0 Å². The first kappa shape index (κ1) is 9.09. The molecule has 0 bridgehead atoms. The number of thiazole rings is 1. The summed E-state index contributed by atoms with van der Waals surface area (Å²) in [6.45, 7) is 0. The Morgan fingerprint density at radius 1 is 1.36 bits per heavy atom. The molecule has 2 nitrogen and oxygen atoms in total. The molecule has 14 heavy (non-hydrogen) atoms. The van der Waals surface area contributed by atoms with Gasteiger partial charge in [0.2, 0.25) is 0 Å². The summed E-state index contributed by atoms with van der Waals surface area (Å²) >= 11 is 1.63. The number of benzene rings is 1. The maximum absolute atomic E-state index is 10.1. The Morgan fingerprint density at radius 3 is 3.00 bits per heavy atom. The molecule has 0 amide bonds. The minimum Gasteiger partial charge on any atom is -0.303 e. The summed E-state index contributed by atoms with van der Waals surface area (Å²) in [7, 11) is 0. The number of hydrogen-bond acceptors (Lipinski definition) is 3. The number of nitrogens with zero attached hydrogens (tertiary/aromatic N) is 1. The fourth-order valence-electron chi connectivity index (χ4n) is 1.19. The molecule has 70 valence electrons. The van der Waals surface area contributed by atoms with E-state index in [1.54, 1.807) is 11.3 Å². The van der Waals surface area contributed by atoms with Crippen molar-refractivity contribution in [1.29, 1.82) is 0 Å². The van der Waals surface area contributed by atoms with Crippen LogP contribution >= 0.6 is 11.3 Å². The summed E-state index contributed by atoms with van der Waals surface area (Å²) in [6, 6.07) is 8.01. The molecular formula is C11H9NOS. The first-order chi connectivity index (χ1) is 6.90. The number of rotatable bonds is 3. The van der Waals surface area contributed by atoms with Gasteiger partial charge in [-0.2, -0.15) is 0 Å². The van der Waals surface area contributed by atoms with Crippen LogP contribution in [0, 0.1) is 0 Å². The van der Waals surface area contributed by atoms with Gasteiger partial charge in [-0.05, 0) is 18.2 Å². The summed E-state index contributed by atoms with van der Waals surface area (Å²) < 4.78 is 1.18. The van der Waals surface area contributed by atoms with Crippen molar-refractivity contribution >= 4 is 33.9 Å². The standard InChI is InChI=1S/C11H9NOS/c13-8-4-3-7-11-12-9-5-1-2-6-10(9)14-11/h1-3,5-8H,4H2/b7-3+. The zero-order chi connectivity index (χ0) is 9.80. The van der Waals surface area contributed by atoms with E-state index in [2.05, 4.69) is 4.98 Å². The molecule has 3 heteroatoms. The average Bonchev–Trinajstić information content (AvgIpc) is 2.60. The number of fused-ring (bicyclic) bond motifs is 1. The van der Waals surface area contributed by atoms with Crippen LogP contribution in [0.25, 0.3) is 16.3 Å². The summed E-state index contributed by atoms with van der Waals surface area (Å²) in [5.41, 5.74) is 1.02. The van der Waals surface area contributed by atoms with Crippen molar-refractivity contribution < 1.29 is 4.79 Å². The molecule has 1 heterocycles. The summed E-state index contributed by atoms with van der Waals surface area (Å²) in [5.74, 6) is 0. The molecule has 0 aliphatic carbocycles. The van der Waals surface area contributed by atoms with Crippen LogP contribution in [0.2, 0.25) is 0 Å². The van der Waals surface area contributed by atoms with Gasteiger partial charge in [-0.1, -0.05) is 18.2 Å². The highest BCUT2D eigenvalue weighted by Gasteiger charge is 1.98. The number of carbonyl (C=O) groups excluding carboxylic acids is 1. The third-order valence-electron chi connectivity index (χ3n) is 1.80. The molecule has 1 aromatic heterocycles. The lowest BCUT2D eigenvalue weighted by Crippen LogP contribution is -1.69. The second-order valence-electron chi connectivity index (χ2n) is 2.82. The first-order valence-corrected chi connectivity index (χ1v) is 5.17. The quantitative estimate of drug-likeness (QED) is 0.718. The van der Waals surface area contributed by atoms with E-state index < -0.39 is 0 Å². The zero-order valence-electron chi connectivity index (χ0n) is 7.51. The molecule has 0 aliphatic heterocycles. The molecular weight excluding hydrogens is 194 g/mol. The van der Waals surface area contributed by atoms with Gasteiger partial charge in [0.15, 0.2) is 0 Å². The summed E-state index contributed by atoms with van der Waals surface area (Å²) in [6.07, 6.45) is 5.05. The maximum atomic E-state index is 10.1. The van der Waals surface area contributed by atoms with Gasteiger partial charge in [0, 0.05) is 6.42 Å². The highest BCUT2D eigenvalue weighted by Crippen LogP contribution is 2.22. The lowest BCUT2D eigenvalue weighted by molar-refractivity contribution is -0.107. The van der Waals surface area contributed by atoms with E-state index in [9.17, 15) is 4.79 Å². The van der Waals surface area contributed by atoms with Crippen LogP contribution in [-0.4, -0.2) is 11.3 Å². The third-order valence-corrected chi connectivity index (χ3v) is 2.80. The molecule has 1 aromatic carbocycles. The number of aldehydes is 1. The molecule has 0 spiro atoms. The molecule has 0 saturated carbocycles. The molecule has 2 rings (SSSR count). The highest BCUT2D eigenvalue weighted by molar-refractivity contribution is 7.19. The number of aromatic nitrogens is 1. The molecule has 0 saturated heterocycles. The van der Waals surface area contributed by atoms with E-state index in [-0.39, 0.29) is 0 Å². The summed E-state index contributed by atoms with van der Waals surface area (Å²) in [4.78, 5) is 14.5. The fraction of sp³-hybridized carbons (Fsp3) is 0.0909. The van der Waals surface area contributed by atoms with Crippen LogP contribution in [0.1, 0.15) is 11.4 Å². The van der Waals surface area contributed by atoms with Crippen LogP contribution in [0.15, 0.2) is 30.3 Å². The molecule has 2 aromatic rings. The van der Waals surface area contributed by atoms with Crippen molar-refractivity contribution in [1.82, 2.24) is 4.98 Å². The topological polar surface area (TPSA) is 30.0 Å². The number of para-hydroxylation sites is 1. The van der Waals surface area contributed by atoms with Crippen molar-refractivity contribution in [2.75, 3.05) is 0 Å². The molecule has 0 unspecified atom stereocenters. The Labute approximate surface area is 85.9 Å². The van der Waals surface area contributed by atoms with E-state index in [1.807, 2.05) is 36.4 Å². The van der Waals surface area contributed by atoms with Gasteiger partial charge in [0.05, 0.1) is 10.2 Å². The van der Waals surface area contributed by atoms with Gasteiger partial charge in [0.1, 0.15) is 11.3 Å². The van der Waals surface area contributed by atoms with Crippen molar-refractivity contribution in [2.45, 2.75) is 6.42 Å². The van der Waals surface area contributed by atoms with Crippen LogP contribution in [-0.2, 0) is 4.79 Å². The van der Waals surface area contributed by atoms with Gasteiger partial charge in [-0.3, -0.25) is 0 Å². The second kappa shape index (κ2) is 4.15. The first-order valence-electron chi connectivity index (χ1n) is 4.36. The van der Waals surface area contributed by atoms with Crippen molar-refractivity contribution in [3.63, 3.8) is 0 Å². The minimum absolute atomic E-state index is 0.454. The Kier molecular flexibility index (Phi) is 2.70. The molecule has 0 atom stereocenters. The third kappa shape index (κ3) is 1.88. The van der Waals surface area contributed by atoms with Gasteiger partial charge in [-0.15, -0.1) is 11.3 Å². The SMILES string of the molecule is O=CC/C=C/c1nc2ccccc2s1. The summed E-state index contributed by atoms with van der Waals surface area (Å²) in [5, 5.41) is 0.952. The van der Waals surface area contributed by atoms with Gasteiger partial charge < -0.3 is 4.79 Å². The Balaban J connectivity index is 2.31. The Bertz CT molecular complexity index is 440. The van der Waals surface area contributed by atoms with Gasteiger partial charge in [-0.25, -0.2) is 4.98 Å². The normalized spacial score (nSPS) is 11.1. The van der Waals surface area contributed by atoms with Crippen LogP contribution in [0.5, 0.6) is 0 Å². The Hall–Kier alpha value is -1.48. The minimum atomic E-state index is 0.454. The largest absolute Gasteiger partial charge is 0.303 e. The van der Waals surface area contributed by atoms with Gasteiger partial charge >= 0.3 is 0 Å². The van der Waals surface area contributed by atoms with Crippen molar-refractivity contribution in [3.8, 4) is 0 Å². The van der Waals surface area contributed by atoms with Crippen LogP contribution < -0.4 is 0 Å². The van der Waals surface area contributed by atoms with Crippen LogP contribution in [0.4, 0.5) is 0 Å². The van der Waals surface area contributed by atoms with Gasteiger partial charge in [0.25, 0.3) is 0 Å². The van der Waals surface area contributed by atoms with E-state index in [4.69, 9.17) is 0 Å². The predicted molar refractivity (Wildman–Crippen MR) is 59.3 cm³/mol. The molecule has 0 radical (unpaired) electrons. The van der Waals surface area contributed by atoms with E-state index in [0.29, 0.717) is 6.42 Å². The average molecular weight is 203 g/mol. The zero-order valence-corrected chi connectivity index (χ0v) is 8.33.